The number of nitriles is 2. The van der Waals surface area contributed by atoms with Crippen molar-refractivity contribution in [2.45, 2.75) is 0 Å². The van der Waals surface area contributed by atoms with E-state index in [0.29, 0.717) is 28.6 Å². The highest BCUT2D eigenvalue weighted by Crippen LogP contribution is 2.28. The van der Waals surface area contributed by atoms with Crippen LogP contribution in [0.3, 0.4) is 0 Å². The van der Waals surface area contributed by atoms with E-state index in [1.54, 1.807) is 36.8 Å². The SMILES string of the molecule is N#Cc1cc2ccccc2cc1C#N.Nc1ccccn1.c1ccc(N=C2N=C(Nc3ccccn3)c3cc4ccccc4cc32)nc1. The molecule has 0 saturated carbocycles. The number of benzene rings is 4. The second kappa shape index (κ2) is 14.7. The Balaban J connectivity index is 0.000000158. The molecular weight excluding hydrogens is 594 g/mol. The van der Waals surface area contributed by atoms with E-state index in [2.05, 4.69) is 49.5 Å². The van der Waals surface area contributed by atoms with Crippen molar-refractivity contribution in [2.24, 2.45) is 9.98 Å². The fraction of sp³-hybridized carbons (Fsp3) is 0. The number of aliphatic imine (C=N–C) groups is 2. The van der Waals surface area contributed by atoms with E-state index in [1.165, 1.54) is 0 Å². The molecular formula is C39H27N9. The minimum Gasteiger partial charge on any atom is -0.384 e. The number of amidine groups is 2. The first-order valence-electron chi connectivity index (χ1n) is 14.9. The Labute approximate surface area is 277 Å². The summed E-state index contributed by atoms with van der Waals surface area (Å²) in [6.45, 7) is 0. The van der Waals surface area contributed by atoms with Gasteiger partial charge in [0.05, 0.1) is 11.1 Å². The molecule has 7 aromatic rings. The number of pyridine rings is 3. The average Bonchev–Trinajstić information content (AvgIpc) is 3.46. The van der Waals surface area contributed by atoms with Crippen LogP contribution in [0.25, 0.3) is 21.5 Å². The second-order valence-corrected chi connectivity index (χ2v) is 10.4. The molecule has 9 nitrogen and oxygen atoms in total. The number of fused-ring (bicyclic) bond motifs is 3. The molecule has 4 heterocycles. The van der Waals surface area contributed by atoms with Crippen LogP contribution in [0.15, 0.2) is 156 Å². The van der Waals surface area contributed by atoms with E-state index in [0.717, 1.165) is 44.3 Å². The summed E-state index contributed by atoms with van der Waals surface area (Å²) in [4.78, 5) is 21.8. The summed E-state index contributed by atoms with van der Waals surface area (Å²) in [5.41, 5.74) is 8.11. The van der Waals surface area contributed by atoms with Gasteiger partial charge in [-0.15, -0.1) is 0 Å². The summed E-state index contributed by atoms with van der Waals surface area (Å²) in [7, 11) is 0. The highest BCUT2D eigenvalue weighted by atomic mass is 15.1. The van der Waals surface area contributed by atoms with Crippen LogP contribution < -0.4 is 11.1 Å². The molecule has 0 aliphatic carbocycles. The maximum atomic E-state index is 8.81. The standard InChI is InChI=1S/C22H15N5.C12H6N2.C5H6N2/c1-2-8-16-14-18-17(13-15(16)7-1)21(25-19-9-3-5-11-23-19)27-22(18)26-20-10-4-6-12-24-20;13-7-11-5-9-3-1-2-4-10(9)6-12(11)8-14;6-5-3-1-2-4-7-5/h1-14H,(H,23,24,25,26,27);1-6H;1-4H,(H2,6,7). The highest BCUT2D eigenvalue weighted by molar-refractivity contribution is 6.27. The van der Waals surface area contributed by atoms with Gasteiger partial charge in [-0.05, 0) is 82.2 Å². The first-order valence-corrected chi connectivity index (χ1v) is 14.9. The van der Waals surface area contributed by atoms with E-state index < -0.39 is 0 Å². The predicted octanol–water partition coefficient (Wildman–Crippen LogP) is 7.83. The van der Waals surface area contributed by atoms with Crippen molar-refractivity contribution >= 4 is 50.7 Å². The first-order chi connectivity index (χ1) is 23.6. The molecule has 0 radical (unpaired) electrons. The fourth-order valence-corrected chi connectivity index (χ4v) is 4.92. The monoisotopic (exact) mass is 621 g/mol. The lowest BCUT2D eigenvalue weighted by molar-refractivity contribution is 1.27. The van der Waals surface area contributed by atoms with Crippen LogP contribution in [-0.4, -0.2) is 26.6 Å². The third-order valence-corrected chi connectivity index (χ3v) is 7.20. The number of hydrogen-bond donors (Lipinski definition) is 2. The van der Waals surface area contributed by atoms with Gasteiger partial charge in [-0.25, -0.2) is 24.9 Å². The van der Waals surface area contributed by atoms with Gasteiger partial charge in [0.2, 0.25) is 0 Å². The first kappa shape index (κ1) is 30.8. The van der Waals surface area contributed by atoms with Crippen LogP contribution in [0.5, 0.6) is 0 Å². The summed E-state index contributed by atoms with van der Waals surface area (Å²) in [6, 6.07) is 44.6. The van der Waals surface area contributed by atoms with E-state index in [1.807, 2.05) is 97.1 Å². The van der Waals surface area contributed by atoms with Crippen LogP contribution in [0.4, 0.5) is 17.5 Å². The van der Waals surface area contributed by atoms with Crippen LogP contribution >= 0.6 is 0 Å². The van der Waals surface area contributed by atoms with Gasteiger partial charge in [0, 0.05) is 29.7 Å². The molecule has 9 heteroatoms. The van der Waals surface area contributed by atoms with Gasteiger partial charge >= 0.3 is 0 Å². The lowest BCUT2D eigenvalue weighted by atomic mass is 10.0. The lowest BCUT2D eigenvalue weighted by Gasteiger charge is -2.07. The Morgan fingerprint density at radius 1 is 0.562 bits per heavy atom. The van der Waals surface area contributed by atoms with Crippen molar-refractivity contribution in [1.82, 2.24) is 15.0 Å². The van der Waals surface area contributed by atoms with Gasteiger partial charge < -0.3 is 11.1 Å². The Hall–Kier alpha value is -7.23. The molecule has 228 valence electrons. The lowest BCUT2D eigenvalue weighted by Crippen LogP contribution is -2.12. The fourth-order valence-electron chi connectivity index (χ4n) is 4.92. The number of aromatic nitrogens is 3. The van der Waals surface area contributed by atoms with E-state index >= 15 is 0 Å². The van der Waals surface area contributed by atoms with Gasteiger partial charge in [0.15, 0.2) is 11.7 Å². The van der Waals surface area contributed by atoms with Gasteiger partial charge in [0.25, 0.3) is 0 Å². The molecule has 0 spiro atoms. The molecule has 0 amide bonds. The molecule has 0 saturated heterocycles. The van der Waals surface area contributed by atoms with Crippen molar-refractivity contribution in [3.05, 3.63) is 168 Å². The number of nitrogen functional groups attached to an aromatic ring is 1. The molecule has 0 fully saturated rings. The number of nitrogens with two attached hydrogens (primary N) is 1. The Morgan fingerprint density at radius 3 is 1.56 bits per heavy atom. The van der Waals surface area contributed by atoms with Crippen molar-refractivity contribution in [2.75, 3.05) is 11.1 Å². The summed E-state index contributed by atoms with van der Waals surface area (Å²) >= 11 is 0. The molecule has 1 aliphatic heterocycles. The van der Waals surface area contributed by atoms with Crippen LogP contribution in [0.2, 0.25) is 0 Å². The smallest absolute Gasteiger partial charge is 0.164 e. The molecule has 0 unspecified atom stereocenters. The van der Waals surface area contributed by atoms with Crippen molar-refractivity contribution in [1.29, 1.82) is 10.5 Å². The molecule has 48 heavy (non-hydrogen) atoms. The molecule has 0 bridgehead atoms. The Kier molecular flexibility index (Phi) is 9.43. The third kappa shape index (κ3) is 7.35. The number of hydrogen-bond acceptors (Lipinski definition) is 8. The zero-order valence-electron chi connectivity index (χ0n) is 25.6. The third-order valence-electron chi connectivity index (χ3n) is 7.20. The largest absolute Gasteiger partial charge is 0.384 e. The highest BCUT2D eigenvalue weighted by Gasteiger charge is 2.23. The van der Waals surface area contributed by atoms with E-state index in [9.17, 15) is 0 Å². The van der Waals surface area contributed by atoms with Crippen LogP contribution in [0.1, 0.15) is 22.3 Å². The molecule has 3 N–H and O–H groups in total. The Morgan fingerprint density at radius 2 is 1.08 bits per heavy atom. The minimum atomic E-state index is 0.436. The van der Waals surface area contributed by atoms with E-state index in [-0.39, 0.29) is 0 Å². The van der Waals surface area contributed by atoms with E-state index in [4.69, 9.17) is 21.2 Å². The van der Waals surface area contributed by atoms with Gasteiger partial charge in [-0.1, -0.05) is 66.7 Å². The molecule has 0 atom stereocenters. The number of nitrogens with zero attached hydrogens (tertiary/aromatic N) is 7. The van der Waals surface area contributed by atoms with Crippen LogP contribution in [0, 0.1) is 22.7 Å². The molecule has 1 aliphatic rings. The summed E-state index contributed by atoms with van der Waals surface area (Å²) in [6.07, 6.45) is 5.14. The summed E-state index contributed by atoms with van der Waals surface area (Å²) < 4.78 is 0. The van der Waals surface area contributed by atoms with Crippen molar-refractivity contribution in [3.8, 4) is 12.1 Å². The van der Waals surface area contributed by atoms with Gasteiger partial charge in [0.1, 0.15) is 29.6 Å². The van der Waals surface area contributed by atoms with Crippen molar-refractivity contribution in [3.63, 3.8) is 0 Å². The quantitative estimate of drug-likeness (QED) is 0.200. The summed E-state index contributed by atoms with van der Waals surface area (Å²) in [5.74, 6) is 3.34. The molecule has 4 aromatic carbocycles. The van der Waals surface area contributed by atoms with Crippen LogP contribution in [-0.2, 0) is 0 Å². The second-order valence-electron chi connectivity index (χ2n) is 10.4. The van der Waals surface area contributed by atoms with Gasteiger partial charge in [-0.3, -0.25) is 0 Å². The minimum absolute atomic E-state index is 0.436. The van der Waals surface area contributed by atoms with Crippen molar-refractivity contribution < 1.29 is 0 Å². The normalized spacial score (nSPS) is 12.0. The zero-order chi connectivity index (χ0) is 33.1. The topological polar surface area (TPSA) is 149 Å². The Bertz CT molecular complexity index is 2290. The molecule has 8 rings (SSSR count). The number of anilines is 2. The number of rotatable bonds is 2. The predicted molar refractivity (Wildman–Crippen MR) is 191 cm³/mol. The van der Waals surface area contributed by atoms with Gasteiger partial charge in [-0.2, -0.15) is 10.5 Å². The summed E-state index contributed by atoms with van der Waals surface area (Å²) in [5, 5.41) is 25.2. The number of nitrogens with one attached hydrogen (secondary N) is 1. The molecule has 3 aromatic heterocycles. The average molecular weight is 622 g/mol. The zero-order valence-corrected chi connectivity index (χ0v) is 25.6. The maximum Gasteiger partial charge on any atom is 0.164 e. The maximum absolute atomic E-state index is 8.81.